The van der Waals surface area contributed by atoms with E-state index < -0.39 is 18.5 Å². The monoisotopic (exact) mass is 446 g/mol. The third kappa shape index (κ3) is 4.98. The number of anilines is 1. The Hall–Kier alpha value is -4.04. The van der Waals surface area contributed by atoms with Crippen LogP contribution in [0.5, 0.6) is 0 Å². The van der Waals surface area contributed by atoms with Gasteiger partial charge in [0.25, 0.3) is 5.91 Å². The molecule has 0 atom stereocenters. The van der Waals surface area contributed by atoms with Crippen molar-refractivity contribution < 1.29 is 23.5 Å². The Bertz CT molecular complexity index is 1260. The van der Waals surface area contributed by atoms with Crippen molar-refractivity contribution in [2.45, 2.75) is 6.92 Å². The zero-order chi connectivity index (χ0) is 22.5. The fourth-order valence-corrected chi connectivity index (χ4v) is 3.64. The number of nitrogens with zero attached hydrogens (tertiary/aromatic N) is 1. The van der Waals surface area contributed by atoms with Gasteiger partial charge in [0, 0.05) is 16.5 Å². The molecule has 32 heavy (non-hydrogen) atoms. The number of thiazole rings is 1. The average Bonchev–Trinajstić information content (AvgIpc) is 3.48. The number of amides is 1. The second kappa shape index (κ2) is 9.40. The van der Waals surface area contributed by atoms with Crippen molar-refractivity contribution in [1.82, 2.24) is 4.98 Å². The summed E-state index contributed by atoms with van der Waals surface area (Å²) in [6.07, 6.45) is 0.620. The number of aromatic nitrogens is 1. The fraction of sp³-hybridized carbons (Fsp3) is 0.0833. The minimum Gasteiger partial charge on any atom is -0.453 e. The van der Waals surface area contributed by atoms with Crippen LogP contribution < -0.4 is 5.32 Å². The first kappa shape index (κ1) is 21.2. The number of furan rings is 1. The highest BCUT2D eigenvalue weighted by Crippen LogP contribution is 2.25. The number of carbonyl (C=O) groups excluding carboxylic acids is 3. The highest BCUT2D eigenvalue weighted by atomic mass is 32.1. The van der Waals surface area contributed by atoms with E-state index in [9.17, 15) is 14.4 Å². The molecule has 160 valence electrons. The Balaban J connectivity index is 1.30. The summed E-state index contributed by atoms with van der Waals surface area (Å²) in [6.45, 7) is 1.58. The molecule has 0 bridgehead atoms. The highest BCUT2D eigenvalue weighted by molar-refractivity contribution is 7.14. The van der Waals surface area contributed by atoms with Gasteiger partial charge >= 0.3 is 5.97 Å². The molecule has 0 unspecified atom stereocenters. The number of rotatable bonds is 7. The van der Waals surface area contributed by atoms with Crippen LogP contribution in [-0.4, -0.2) is 29.8 Å². The maximum Gasteiger partial charge on any atom is 0.338 e. The number of aryl methyl sites for hydroxylation is 1. The van der Waals surface area contributed by atoms with Crippen LogP contribution in [0, 0.1) is 6.92 Å². The zero-order valence-electron chi connectivity index (χ0n) is 17.0. The van der Waals surface area contributed by atoms with Gasteiger partial charge in [-0.25, -0.2) is 9.78 Å². The predicted octanol–water partition coefficient (Wildman–Crippen LogP) is 4.99. The summed E-state index contributed by atoms with van der Waals surface area (Å²) in [7, 11) is 0. The summed E-state index contributed by atoms with van der Waals surface area (Å²) in [5, 5.41) is 4.92. The molecule has 0 aliphatic carbocycles. The quantitative estimate of drug-likeness (QED) is 0.317. The molecular weight excluding hydrogens is 428 g/mol. The highest BCUT2D eigenvalue weighted by Gasteiger charge is 2.13. The average molecular weight is 446 g/mol. The smallest absolute Gasteiger partial charge is 0.338 e. The number of aldehydes is 1. The number of hydrogen-bond acceptors (Lipinski definition) is 7. The van der Waals surface area contributed by atoms with Crippen LogP contribution in [0.3, 0.4) is 0 Å². The van der Waals surface area contributed by atoms with Gasteiger partial charge in [-0.2, -0.15) is 0 Å². The van der Waals surface area contributed by atoms with Gasteiger partial charge in [0.05, 0.1) is 11.3 Å². The van der Waals surface area contributed by atoms with E-state index in [0.717, 1.165) is 16.8 Å². The van der Waals surface area contributed by atoms with Crippen LogP contribution in [0.4, 0.5) is 5.13 Å². The van der Waals surface area contributed by atoms with Gasteiger partial charge < -0.3 is 9.15 Å². The molecule has 2 heterocycles. The van der Waals surface area contributed by atoms with E-state index in [1.807, 2.05) is 36.6 Å². The Labute approximate surface area is 187 Å². The molecule has 4 aromatic rings. The Morgan fingerprint density at radius 2 is 1.75 bits per heavy atom. The fourth-order valence-electron chi connectivity index (χ4n) is 2.90. The third-order valence-corrected chi connectivity index (χ3v) is 5.34. The number of nitrogens with one attached hydrogen (secondary N) is 1. The number of carbonyl (C=O) groups is 3. The van der Waals surface area contributed by atoms with Gasteiger partial charge in [-0.1, -0.05) is 42.0 Å². The lowest BCUT2D eigenvalue weighted by Crippen LogP contribution is -2.20. The van der Waals surface area contributed by atoms with Crippen molar-refractivity contribution in [3.63, 3.8) is 0 Å². The van der Waals surface area contributed by atoms with Crippen molar-refractivity contribution in [3.8, 4) is 22.6 Å². The second-order valence-electron chi connectivity index (χ2n) is 6.93. The Morgan fingerprint density at radius 1 is 1.03 bits per heavy atom. The summed E-state index contributed by atoms with van der Waals surface area (Å²) in [4.78, 5) is 39.5. The summed E-state index contributed by atoms with van der Waals surface area (Å²) >= 11 is 1.30. The second-order valence-corrected chi connectivity index (χ2v) is 7.78. The summed E-state index contributed by atoms with van der Waals surface area (Å²) < 4.78 is 10.4. The van der Waals surface area contributed by atoms with Crippen molar-refractivity contribution >= 4 is 34.6 Å². The van der Waals surface area contributed by atoms with Crippen molar-refractivity contribution in [3.05, 3.63) is 82.9 Å². The molecule has 4 rings (SSSR count). The van der Waals surface area contributed by atoms with E-state index in [4.69, 9.17) is 9.15 Å². The number of ether oxygens (including phenoxy) is 1. The SMILES string of the molecule is Cc1ccc(-c2csc(NC(=O)COC(=O)c3ccc(-c4ccc(C=O)o4)cc3)n2)cc1. The Morgan fingerprint density at radius 3 is 2.44 bits per heavy atom. The molecule has 2 aromatic heterocycles. The van der Waals surface area contributed by atoms with Crippen molar-refractivity contribution in [1.29, 1.82) is 0 Å². The number of hydrogen-bond donors (Lipinski definition) is 1. The molecule has 0 radical (unpaired) electrons. The zero-order valence-corrected chi connectivity index (χ0v) is 17.8. The maximum absolute atomic E-state index is 12.2. The first-order chi connectivity index (χ1) is 15.5. The molecule has 7 nitrogen and oxygen atoms in total. The molecule has 8 heteroatoms. The van der Waals surface area contributed by atoms with Crippen molar-refractivity contribution in [2.24, 2.45) is 0 Å². The lowest BCUT2D eigenvalue weighted by atomic mass is 10.1. The summed E-state index contributed by atoms with van der Waals surface area (Å²) in [6, 6.07) is 17.6. The molecule has 0 aliphatic rings. The van der Waals surface area contributed by atoms with E-state index in [1.165, 1.54) is 11.3 Å². The van der Waals surface area contributed by atoms with Gasteiger partial charge in [0.15, 0.2) is 23.8 Å². The van der Waals surface area contributed by atoms with Crippen LogP contribution in [-0.2, 0) is 9.53 Å². The van der Waals surface area contributed by atoms with E-state index in [-0.39, 0.29) is 5.76 Å². The van der Waals surface area contributed by atoms with E-state index in [1.54, 1.807) is 36.4 Å². The van der Waals surface area contributed by atoms with Gasteiger partial charge in [0.2, 0.25) is 0 Å². The van der Waals surface area contributed by atoms with Gasteiger partial charge in [0.1, 0.15) is 5.76 Å². The minimum atomic E-state index is -0.626. The maximum atomic E-state index is 12.2. The lowest BCUT2D eigenvalue weighted by molar-refractivity contribution is -0.119. The minimum absolute atomic E-state index is 0.223. The standard InChI is InChI=1S/C24H18N2O5S/c1-15-2-4-16(5-3-15)20-14-32-24(25-20)26-22(28)13-30-23(29)18-8-6-17(7-9-18)21-11-10-19(12-27)31-21/h2-12,14H,13H2,1H3,(H,25,26,28). The molecule has 0 fully saturated rings. The van der Waals surface area contributed by atoms with Crippen LogP contribution in [0.2, 0.25) is 0 Å². The number of esters is 1. The van der Waals surface area contributed by atoms with Crippen LogP contribution >= 0.6 is 11.3 Å². The third-order valence-electron chi connectivity index (χ3n) is 4.58. The summed E-state index contributed by atoms with van der Waals surface area (Å²) in [5.74, 6) is -0.364. The van der Waals surface area contributed by atoms with E-state index >= 15 is 0 Å². The molecule has 1 N–H and O–H groups in total. The number of benzene rings is 2. The topological polar surface area (TPSA) is 98.5 Å². The van der Waals surface area contributed by atoms with Gasteiger partial charge in [-0.15, -0.1) is 11.3 Å². The van der Waals surface area contributed by atoms with E-state index in [0.29, 0.717) is 28.3 Å². The molecular formula is C24H18N2O5S. The predicted molar refractivity (Wildman–Crippen MR) is 121 cm³/mol. The molecule has 0 saturated heterocycles. The molecule has 0 saturated carbocycles. The van der Waals surface area contributed by atoms with E-state index in [2.05, 4.69) is 10.3 Å². The normalized spacial score (nSPS) is 10.5. The van der Waals surface area contributed by atoms with Crippen LogP contribution in [0.1, 0.15) is 26.5 Å². The van der Waals surface area contributed by atoms with Crippen LogP contribution in [0.25, 0.3) is 22.6 Å². The molecule has 2 aromatic carbocycles. The molecule has 0 spiro atoms. The molecule has 1 amide bonds. The van der Waals surface area contributed by atoms with Crippen LogP contribution in [0.15, 0.2) is 70.5 Å². The lowest BCUT2D eigenvalue weighted by Gasteiger charge is -2.05. The largest absolute Gasteiger partial charge is 0.453 e. The van der Waals surface area contributed by atoms with Gasteiger partial charge in [-0.05, 0) is 31.2 Å². The first-order valence-corrected chi connectivity index (χ1v) is 10.5. The summed E-state index contributed by atoms with van der Waals surface area (Å²) in [5.41, 5.74) is 3.88. The van der Waals surface area contributed by atoms with Crippen molar-refractivity contribution in [2.75, 3.05) is 11.9 Å². The first-order valence-electron chi connectivity index (χ1n) is 9.67. The molecule has 0 aliphatic heterocycles. The van der Waals surface area contributed by atoms with Gasteiger partial charge in [-0.3, -0.25) is 14.9 Å². The Kier molecular flexibility index (Phi) is 6.23.